The van der Waals surface area contributed by atoms with Crippen LogP contribution in [0.4, 0.5) is 0 Å². The summed E-state index contributed by atoms with van der Waals surface area (Å²) in [6.07, 6.45) is 0. The van der Waals surface area contributed by atoms with Gasteiger partial charge in [-0.25, -0.2) is 0 Å². The molecule has 100 valence electrons. The molecular weight excluding hydrogens is 226 g/mol. The van der Waals surface area contributed by atoms with Crippen LogP contribution in [-0.4, -0.2) is 30.5 Å². The van der Waals surface area contributed by atoms with Gasteiger partial charge in [0.15, 0.2) is 0 Å². The van der Waals surface area contributed by atoms with Gasteiger partial charge in [0, 0.05) is 18.7 Å². The van der Waals surface area contributed by atoms with E-state index in [4.69, 9.17) is 4.74 Å². The van der Waals surface area contributed by atoms with Gasteiger partial charge in [0.1, 0.15) is 5.75 Å². The summed E-state index contributed by atoms with van der Waals surface area (Å²) in [6.45, 7) is 10.3. The van der Waals surface area contributed by atoms with Crippen LogP contribution in [0, 0.1) is 5.92 Å². The molecule has 1 aromatic carbocycles. The van der Waals surface area contributed by atoms with Crippen molar-refractivity contribution in [2.45, 2.75) is 27.7 Å². The Morgan fingerprint density at radius 1 is 1.28 bits per heavy atom. The van der Waals surface area contributed by atoms with Crippen molar-refractivity contribution in [2.75, 3.05) is 19.7 Å². The molecule has 1 rings (SSSR count). The van der Waals surface area contributed by atoms with Crippen LogP contribution in [0.1, 0.15) is 38.1 Å². The van der Waals surface area contributed by atoms with Gasteiger partial charge in [-0.2, -0.15) is 0 Å². The van der Waals surface area contributed by atoms with E-state index in [0.29, 0.717) is 18.1 Å². The fraction of sp³-hybridized carbons (Fsp3) is 0.533. The Balaban J connectivity index is 2.78. The molecule has 0 saturated carbocycles. The molecule has 3 heteroatoms. The predicted molar refractivity (Wildman–Crippen MR) is 74.0 cm³/mol. The van der Waals surface area contributed by atoms with Crippen LogP contribution >= 0.6 is 0 Å². The highest BCUT2D eigenvalue weighted by molar-refractivity contribution is 5.94. The van der Waals surface area contributed by atoms with Gasteiger partial charge in [0.25, 0.3) is 5.91 Å². The van der Waals surface area contributed by atoms with Crippen molar-refractivity contribution < 1.29 is 9.53 Å². The van der Waals surface area contributed by atoms with Crippen LogP contribution in [0.15, 0.2) is 24.3 Å². The Morgan fingerprint density at radius 3 is 2.50 bits per heavy atom. The fourth-order valence-corrected chi connectivity index (χ4v) is 1.68. The summed E-state index contributed by atoms with van der Waals surface area (Å²) >= 11 is 0. The molecule has 0 atom stereocenters. The Bertz CT molecular complexity index is 384. The molecule has 3 nitrogen and oxygen atoms in total. The van der Waals surface area contributed by atoms with E-state index in [0.717, 1.165) is 18.8 Å². The third-order valence-corrected chi connectivity index (χ3v) is 2.71. The van der Waals surface area contributed by atoms with Crippen molar-refractivity contribution in [2.24, 2.45) is 5.92 Å². The van der Waals surface area contributed by atoms with Gasteiger partial charge < -0.3 is 9.64 Å². The number of carbonyl (C=O) groups is 1. The normalized spacial score (nSPS) is 10.5. The van der Waals surface area contributed by atoms with E-state index in [1.807, 2.05) is 43.0 Å². The van der Waals surface area contributed by atoms with Crippen LogP contribution in [0.25, 0.3) is 0 Å². The lowest BCUT2D eigenvalue weighted by molar-refractivity contribution is 0.0772. The second-order valence-corrected chi connectivity index (χ2v) is 4.71. The van der Waals surface area contributed by atoms with E-state index >= 15 is 0 Å². The van der Waals surface area contributed by atoms with Crippen molar-refractivity contribution in [3.63, 3.8) is 0 Å². The smallest absolute Gasteiger partial charge is 0.253 e. The number of ether oxygens (including phenoxy) is 1. The zero-order valence-electron chi connectivity index (χ0n) is 11.8. The molecule has 0 radical (unpaired) electrons. The van der Waals surface area contributed by atoms with Crippen molar-refractivity contribution >= 4 is 5.91 Å². The highest BCUT2D eigenvalue weighted by Crippen LogP contribution is 2.15. The van der Waals surface area contributed by atoms with Gasteiger partial charge in [-0.05, 0) is 38.0 Å². The zero-order chi connectivity index (χ0) is 13.5. The minimum Gasteiger partial charge on any atom is -0.493 e. The van der Waals surface area contributed by atoms with Crippen LogP contribution in [0.2, 0.25) is 0 Å². The maximum absolute atomic E-state index is 12.2. The molecule has 0 N–H and O–H groups in total. The third-order valence-electron chi connectivity index (χ3n) is 2.71. The molecule has 0 bridgehead atoms. The minimum atomic E-state index is 0.0648. The van der Waals surface area contributed by atoms with Crippen LogP contribution in [0.5, 0.6) is 5.75 Å². The van der Waals surface area contributed by atoms with Gasteiger partial charge in [0.2, 0.25) is 0 Å². The Hall–Kier alpha value is -1.51. The Morgan fingerprint density at radius 2 is 1.94 bits per heavy atom. The molecule has 1 amide bonds. The summed E-state index contributed by atoms with van der Waals surface area (Å²) in [5.41, 5.74) is 0.694. The lowest BCUT2D eigenvalue weighted by Crippen LogP contribution is -2.30. The summed E-state index contributed by atoms with van der Waals surface area (Å²) in [5.74, 6) is 1.31. The van der Waals surface area contributed by atoms with Gasteiger partial charge in [-0.15, -0.1) is 0 Å². The molecule has 0 aromatic heterocycles. The number of rotatable bonds is 6. The second-order valence-electron chi connectivity index (χ2n) is 4.71. The van der Waals surface area contributed by atoms with Gasteiger partial charge in [0.05, 0.1) is 6.61 Å². The first kappa shape index (κ1) is 14.6. The first-order valence-electron chi connectivity index (χ1n) is 6.60. The zero-order valence-corrected chi connectivity index (χ0v) is 11.8. The summed E-state index contributed by atoms with van der Waals surface area (Å²) in [5, 5.41) is 0. The number of benzene rings is 1. The SMILES string of the molecule is CCN(CC)C(=O)c1cccc(OCC(C)C)c1. The molecule has 0 fully saturated rings. The topological polar surface area (TPSA) is 29.5 Å². The maximum Gasteiger partial charge on any atom is 0.253 e. The molecule has 0 aliphatic rings. The molecular formula is C15H23NO2. The molecule has 0 aliphatic carbocycles. The Kier molecular flexibility index (Phi) is 5.69. The average Bonchev–Trinajstić information content (AvgIpc) is 2.38. The highest BCUT2D eigenvalue weighted by Gasteiger charge is 2.12. The summed E-state index contributed by atoms with van der Waals surface area (Å²) in [4.78, 5) is 14.0. The van der Waals surface area contributed by atoms with E-state index in [2.05, 4.69) is 13.8 Å². The fourth-order valence-electron chi connectivity index (χ4n) is 1.68. The van der Waals surface area contributed by atoms with Gasteiger partial charge in [-0.3, -0.25) is 4.79 Å². The number of hydrogen-bond acceptors (Lipinski definition) is 2. The minimum absolute atomic E-state index is 0.0648. The van der Waals surface area contributed by atoms with E-state index in [-0.39, 0.29) is 5.91 Å². The number of amides is 1. The van der Waals surface area contributed by atoms with Crippen molar-refractivity contribution in [3.8, 4) is 5.75 Å². The van der Waals surface area contributed by atoms with Crippen LogP contribution < -0.4 is 4.74 Å². The lowest BCUT2D eigenvalue weighted by Gasteiger charge is -2.19. The predicted octanol–water partition coefficient (Wildman–Crippen LogP) is 3.20. The van der Waals surface area contributed by atoms with E-state index < -0.39 is 0 Å². The van der Waals surface area contributed by atoms with Gasteiger partial charge >= 0.3 is 0 Å². The summed E-state index contributed by atoms with van der Waals surface area (Å²) in [7, 11) is 0. The van der Waals surface area contributed by atoms with E-state index in [1.165, 1.54) is 0 Å². The monoisotopic (exact) mass is 249 g/mol. The molecule has 18 heavy (non-hydrogen) atoms. The molecule has 0 saturated heterocycles. The number of hydrogen-bond donors (Lipinski definition) is 0. The highest BCUT2D eigenvalue weighted by atomic mass is 16.5. The summed E-state index contributed by atoms with van der Waals surface area (Å²) in [6, 6.07) is 7.42. The van der Waals surface area contributed by atoms with Crippen molar-refractivity contribution in [3.05, 3.63) is 29.8 Å². The molecule has 0 aliphatic heterocycles. The summed E-state index contributed by atoms with van der Waals surface area (Å²) < 4.78 is 5.63. The molecule has 0 spiro atoms. The molecule has 0 unspecified atom stereocenters. The van der Waals surface area contributed by atoms with Gasteiger partial charge in [-0.1, -0.05) is 19.9 Å². The second kappa shape index (κ2) is 7.04. The Labute approximate surface area is 110 Å². The van der Waals surface area contributed by atoms with Crippen LogP contribution in [-0.2, 0) is 0 Å². The first-order valence-corrected chi connectivity index (χ1v) is 6.60. The van der Waals surface area contributed by atoms with E-state index in [9.17, 15) is 4.79 Å². The van der Waals surface area contributed by atoms with Crippen LogP contribution in [0.3, 0.4) is 0 Å². The molecule has 1 aromatic rings. The average molecular weight is 249 g/mol. The maximum atomic E-state index is 12.2. The quantitative estimate of drug-likeness (QED) is 0.775. The standard InChI is InChI=1S/C15H23NO2/c1-5-16(6-2)15(17)13-8-7-9-14(10-13)18-11-12(3)4/h7-10,12H,5-6,11H2,1-4H3. The van der Waals surface area contributed by atoms with Crippen molar-refractivity contribution in [1.82, 2.24) is 4.90 Å². The molecule has 0 heterocycles. The number of nitrogens with zero attached hydrogens (tertiary/aromatic N) is 1. The lowest BCUT2D eigenvalue weighted by atomic mass is 10.2. The largest absolute Gasteiger partial charge is 0.493 e. The van der Waals surface area contributed by atoms with Crippen molar-refractivity contribution in [1.29, 1.82) is 0 Å². The van der Waals surface area contributed by atoms with E-state index in [1.54, 1.807) is 0 Å². The number of carbonyl (C=O) groups excluding carboxylic acids is 1. The first-order chi connectivity index (χ1) is 8.58. The third kappa shape index (κ3) is 4.06.